The minimum atomic E-state index is 0. The predicted octanol–water partition coefficient (Wildman–Crippen LogP) is 0.929. The van der Waals surface area contributed by atoms with Crippen molar-refractivity contribution in [3.05, 3.63) is 0 Å². The third-order valence-electron chi connectivity index (χ3n) is 3.03. The lowest BCUT2D eigenvalue weighted by Crippen LogP contribution is -2.46. The molecule has 2 heterocycles. The second kappa shape index (κ2) is 6.62. The Hall–Kier alpha value is 0.170. The lowest BCUT2D eigenvalue weighted by atomic mass is 10.0. The van der Waals surface area contributed by atoms with Gasteiger partial charge in [-0.15, -0.1) is 12.4 Å². The highest BCUT2D eigenvalue weighted by atomic mass is 35.5. The first-order valence-corrected chi connectivity index (χ1v) is 5.49. The van der Waals surface area contributed by atoms with Crippen LogP contribution in [0.1, 0.15) is 25.7 Å². The Morgan fingerprint density at radius 1 is 0.929 bits per heavy atom. The lowest BCUT2D eigenvalue weighted by Gasteiger charge is -2.31. The largest absolute Gasteiger partial charge is 0.381 e. The Morgan fingerprint density at radius 3 is 2.14 bits per heavy atom. The van der Waals surface area contributed by atoms with Gasteiger partial charge in [-0.25, -0.2) is 0 Å². The molecule has 14 heavy (non-hydrogen) atoms. The maximum atomic E-state index is 5.34. The van der Waals surface area contributed by atoms with Gasteiger partial charge in [0.15, 0.2) is 0 Å². The van der Waals surface area contributed by atoms with Gasteiger partial charge in [0.1, 0.15) is 0 Å². The van der Waals surface area contributed by atoms with Crippen LogP contribution in [0, 0.1) is 0 Å². The SMILES string of the molecule is C1CC(NC2CCOCC2)CCN1.Cl. The summed E-state index contributed by atoms with van der Waals surface area (Å²) in [5.74, 6) is 0. The molecule has 2 rings (SSSR count). The molecule has 0 unspecified atom stereocenters. The average Bonchev–Trinajstić information content (AvgIpc) is 2.21. The van der Waals surface area contributed by atoms with Crippen LogP contribution in [0.5, 0.6) is 0 Å². The average molecular weight is 221 g/mol. The zero-order chi connectivity index (χ0) is 8.93. The minimum absolute atomic E-state index is 0. The molecule has 0 atom stereocenters. The van der Waals surface area contributed by atoms with E-state index in [9.17, 15) is 0 Å². The van der Waals surface area contributed by atoms with Crippen LogP contribution in [0.15, 0.2) is 0 Å². The normalized spacial score (nSPS) is 25.7. The van der Waals surface area contributed by atoms with E-state index in [1.54, 1.807) is 0 Å². The second-order valence-corrected chi connectivity index (χ2v) is 4.08. The van der Waals surface area contributed by atoms with Crippen LogP contribution in [0.25, 0.3) is 0 Å². The van der Waals surface area contributed by atoms with Crippen LogP contribution in [0.4, 0.5) is 0 Å². The molecular weight excluding hydrogens is 200 g/mol. The Balaban J connectivity index is 0.000000980. The molecule has 0 radical (unpaired) electrons. The highest BCUT2D eigenvalue weighted by molar-refractivity contribution is 5.85. The van der Waals surface area contributed by atoms with Crippen molar-refractivity contribution in [2.45, 2.75) is 37.8 Å². The molecule has 0 aromatic rings. The van der Waals surface area contributed by atoms with Crippen LogP contribution in [-0.2, 0) is 4.74 Å². The highest BCUT2D eigenvalue weighted by Crippen LogP contribution is 2.10. The van der Waals surface area contributed by atoms with Crippen molar-refractivity contribution in [1.29, 1.82) is 0 Å². The van der Waals surface area contributed by atoms with Crippen LogP contribution in [0.2, 0.25) is 0 Å². The first-order valence-electron chi connectivity index (χ1n) is 5.49. The van der Waals surface area contributed by atoms with Crippen molar-refractivity contribution < 1.29 is 4.74 Å². The molecule has 0 bridgehead atoms. The van der Waals surface area contributed by atoms with Crippen molar-refractivity contribution in [2.24, 2.45) is 0 Å². The summed E-state index contributed by atoms with van der Waals surface area (Å²) < 4.78 is 5.34. The molecule has 2 saturated heterocycles. The molecule has 2 N–H and O–H groups in total. The fraction of sp³-hybridized carbons (Fsp3) is 1.00. The quantitative estimate of drug-likeness (QED) is 0.727. The zero-order valence-electron chi connectivity index (χ0n) is 8.63. The van der Waals surface area contributed by atoms with E-state index >= 15 is 0 Å². The molecule has 0 aliphatic carbocycles. The molecule has 0 aromatic carbocycles. The maximum absolute atomic E-state index is 5.34. The van der Waals surface area contributed by atoms with E-state index in [0.29, 0.717) is 0 Å². The third kappa shape index (κ3) is 3.73. The van der Waals surface area contributed by atoms with Gasteiger partial charge < -0.3 is 15.4 Å². The maximum Gasteiger partial charge on any atom is 0.0480 e. The van der Waals surface area contributed by atoms with Gasteiger partial charge in [-0.1, -0.05) is 0 Å². The van der Waals surface area contributed by atoms with E-state index in [1.165, 1.54) is 38.8 Å². The number of hydrogen-bond acceptors (Lipinski definition) is 3. The Kier molecular flexibility index (Phi) is 5.78. The highest BCUT2D eigenvalue weighted by Gasteiger charge is 2.19. The fourth-order valence-corrected chi connectivity index (χ4v) is 2.19. The second-order valence-electron chi connectivity index (χ2n) is 4.08. The summed E-state index contributed by atoms with van der Waals surface area (Å²) in [5.41, 5.74) is 0. The third-order valence-corrected chi connectivity index (χ3v) is 3.03. The van der Waals surface area contributed by atoms with Gasteiger partial charge in [0, 0.05) is 25.3 Å². The molecule has 84 valence electrons. The molecule has 0 amide bonds. The van der Waals surface area contributed by atoms with Crippen molar-refractivity contribution in [2.75, 3.05) is 26.3 Å². The van der Waals surface area contributed by atoms with E-state index in [0.717, 1.165) is 25.3 Å². The van der Waals surface area contributed by atoms with E-state index in [-0.39, 0.29) is 12.4 Å². The topological polar surface area (TPSA) is 33.3 Å². The molecule has 0 saturated carbocycles. The summed E-state index contributed by atoms with van der Waals surface area (Å²) >= 11 is 0. The standard InChI is InChI=1S/C10H20N2O.ClH/c1-5-11-6-2-9(1)12-10-3-7-13-8-4-10;/h9-12H,1-8H2;1H. The van der Waals surface area contributed by atoms with Crippen molar-refractivity contribution in [3.8, 4) is 0 Å². The summed E-state index contributed by atoms with van der Waals surface area (Å²) in [6.07, 6.45) is 4.97. The van der Waals surface area contributed by atoms with Gasteiger partial charge in [-0.05, 0) is 38.8 Å². The van der Waals surface area contributed by atoms with Crippen molar-refractivity contribution >= 4 is 12.4 Å². The number of ether oxygens (including phenoxy) is 1. The molecule has 2 aliphatic rings. The number of hydrogen-bond donors (Lipinski definition) is 2. The van der Waals surface area contributed by atoms with Crippen LogP contribution in [0.3, 0.4) is 0 Å². The first-order chi connectivity index (χ1) is 6.45. The van der Waals surface area contributed by atoms with Gasteiger partial charge in [0.2, 0.25) is 0 Å². The number of nitrogens with one attached hydrogen (secondary N) is 2. The van der Waals surface area contributed by atoms with Gasteiger partial charge in [-0.2, -0.15) is 0 Å². The Labute approximate surface area is 92.4 Å². The number of rotatable bonds is 2. The monoisotopic (exact) mass is 220 g/mol. The summed E-state index contributed by atoms with van der Waals surface area (Å²) in [6.45, 7) is 4.26. The molecule has 0 spiro atoms. The first kappa shape index (κ1) is 12.2. The summed E-state index contributed by atoms with van der Waals surface area (Å²) in [7, 11) is 0. The van der Waals surface area contributed by atoms with Crippen molar-refractivity contribution in [1.82, 2.24) is 10.6 Å². The zero-order valence-corrected chi connectivity index (χ0v) is 9.44. The molecular formula is C10H21ClN2O. The summed E-state index contributed by atoms with van der Waals surface area (Å²) in [4.78, 5) is 0. The predicted molar refractivity (Wildman–Crippen MR) is 60.1 cm³/mol. The Morgan fingerprint density at radius 2 is 1.50 bits per heavy atom. The van der Waals surface area contributed by atoms with E-state index < -0.39 is 0 Å². The van der Waals surface area contributed by atoms with Gasteiger partial charge in [-0.3, -0.25) is 0 Å². The van der Waals surface area contributed by atoms with E-state index in [1.807, 2.05) is 0 Å². The molecule has 2 fully saturated rings. The molecule has 3 nitrogen and oxygen atoms in total. The van der Waals surface area contributed by atoms with Gasteiger partial charge in [0.05, 0.1) is 0 Å². The molecule has 4 heteroatoms. The molecule has 0 aromatic heterocycles. The smallest absolute Gasteiger partial charge is 0.0480 e. The fourth-order valence-electron chi connectivity index (χ4n) is 2.19. The van der Waals surface area contributed by atoms with E-state index in [4.69, 9.17) is 4.74 Å². The van der Waals surface area contributed by atoms with Crippen LogP contribution < -0.4 is 10.6 Å². The van der Waals surface area contributed by atoms with Crippen molar-refractivity contribution in [3.63, 3.8) is 0 Å². The van der Waals surface area contributed by atoms with Gasteiger partial charge in [0.25, 0.3) is 0 Å². The lowest BCUT2D eigenvalue weighted by molar-refractivity contribution is 0.0735. The van der Waals surface area contributed by atoms with Crippen LogP contribution in [-0.4, -0.2) is 38.4 Å². The summed E-state index contributed by atoms with van der Waals surface area (Å²) in [5, 5.41) is 7.13. The Bertz CT molecular complexity index is 129. The van der Waals surface area contributed by atoms with E-state index in [2.05, 4.69) is 10.6 Å². The summed E-state index contributed by atoms with van der Waals surface area (Å²) in [6, 6.07) is 1.47. The van der Waals surface area contributed by atoms with Crippen LogP contribution >= 0.6 is 12.4 Å². The minimum Gasteiger partial charge on any atom is -0.381 e. The van der Waals surface area contributed by atoms with Gasteiger partial charge >= 0.3 is 0 Å². The number of halogens is 1. The number of piperidine rings is 1. The molecule has 2 aliphatic heterocycles.